The molecule has 0 radical (unpaired) electrons. The van der Waals surface area contributed by atoms with Crippen molar-refractivity contribution < 1.29 is 0 Å². The van der Waals surface area contributed by atoms with Gasteiger partial charge in [0, 0.05) is 11.7 Å². The number of hydrogen-bond donors (Lipinski definition) is 1. The molecule has 0 amide bonds. The molecule has 0 bridgehead atoms. The second-order valence-corrected chi connectivity index (χ2v) is 4.24. The van der Waals surface area contributed by atoms with Crippen LogP contribution in [0.25, 0.3) is 0 Å². The van der Waals surface area contributed by atoms with Crippen molar-refractivity contribution in [1.82, 2.24) is 4.98 Å². The number of rotatable bonds is 2. The third-order valence-corrected chi connectivity index (χ3v) is 2.99. The highest BCUT2D eigenvalue weighted by Crippen LogP contribution is 2.36. The quantitative estimate of drug-likeness (QED) is 0.783. The first-order chi connectivity index (χ1) is 5.70. The van der Waals surface area contributed by atoms with Crippen LogP contribution in [0.15, 0.2) is 22.9 Å². The SMILES string of the molecule is NC1(Cc2cccnc2Br)CC1. The van der Waals surface area contributed by atoms with E-state index in [9.17, 15) is 0 Å². The first-order valence-corrected chi connectivity index (χ1v) is 4.87. The summed E-state index contributed by atoms with van der Waals surface area (Å²) in [5.74, 6) is 0. The highest BCUT2D eigenvalue weighted by atomic mass is 79.9. The van der Waals surface area contributed by atoms with E-state index in [1.165, 1.54) is 5.56 Å². The number of hydrogen-bond acceptors (Lipinski definition) is 2. The van der Waals surface area contributed by atoms with Gasteiger partial charge in [0.15, 0.2) is 0 Å². The summed E-state index contributed by atoms with van der Waals surface area (Å²) in [4.78, 5) is 4.15. The highest BCUT2D eigenvalue weighted by Gasteiger charge is 2.38. The van der Waals surface area contributed by atoms with Crippen molar-refractivity contribution in [3.63, 3.8) is 0 Å². The van der Waals surface area contributed by atoms with Crippen LogP contribution in [0.2, 0.25) is 0 Å². The van der Waals surface area contributed by atoms with Crippen molar-refractivity contribution >= 4 is 15.9 Å². The van der Waals surface area contributed by atoms with Crippen LogP contribution < -0.4 is 5.73 Å². The zero-order valence-electron chi connectivity index (χ0n) is 6.76. The van der Waals surface area contributed by atoms with Crippen molar-refractivity contribution in [3.8, 4) is 0 Å². The van der Waals surface area contributed by atoms with E-state index in [0.29, 0.717) is 0 Å². The molecule has 2 nitrogen and oxygen atoms in total. The van der Waals surface area contributed by atoms with Gasteiger partial charge in [0.05, 0.1) is 0 Å². The lowest BCUT2D eigenvalue weighted by atomic mass is 10.1. The van der Waals surface area contributed by atoms with Gasteiger partial charge in [-0.15, -0.1) is 0 Å². The molecule has 0 saturated heterocycles. The summed E-state index contributed by atoms with van der Waals surface area (Å²) in [6, 6.07) is 4.02. The van der Waals surface area contributed by atoms with Gasteiger partial charge in [0.25, 0.3) is 0 Å². The molecule has 1 aromatic rings. The van der Waals surface area contributed by atoms with Crippen molar-refractivity contribution in [2.24, 2.45) is 5.73 Å². The first-order valence-electron chi connectivity index (χ1n) is 4.08. The maximum atomic E-state index is 6.00. The average molecular weight is 227 g/mol. The molecule has 1 aliphatic rings. The number of nitrogens with two attached hydrogens (primary N) is 1. The lowest BCUT2D eigenvalue weighted by molar-refractivity contribution is 0.668. The molecule has 2 N–H and O–H groups in total. The second kappa shape index (κ2) is 2.82. The van der Waals surface area contributed by atoms with Gasteiger partial charge in [-0.25, -0.2) is 4.98 Å². The summed E-state index contributed by atoms with van der Waals surface area (Å²) in [6.07, 6.45) is 5.02. The molecule has 2 rings (SSSR count). The van der Waals surface area contributed by atoms with Crippen LogP contribution in [0.5, 0.6) is 0 Å². The number of pyridine rings is 1. The molecule has 1 aromatic heterocycles. The van der Waals surface area contributed by atoms with Crippen LogP contribution >= 0.6 is 15.9 Å². The van der Waals surface area contributed by atoms with Crippen LogP contribution in [0.1, 0.15) is 18.4 Å². The lowest BCUT2D eigenvalue weighted by Crippen LogP contribution is -2.24. The minimum atomic E-state index is 0.0750. The first kappa shape index (κ1) is 8.20. The number of halogens is 1. The van der Waals surface area contributed by atoms with E-state index in [1.807, 2.05) is 6.07 Å². The smallest absolute Gasteiger partial charge is 0.109 e. The Morgan fingerprint density at radius 3 is 2.92 bits per heavy atom. The summed E-state index contributed by atoms with van der Waals surface area (Å²) in [6.45, 7) is 0. The molecule has 64 valence electrons. The molecule has 0 atom stereocenters. The molecule has 1 aliphatic carbocycles. The van der Waals surface area contributed by atoms with Crippen LogP contribution in [-0.2, 0) is 6.42 Å². The fourth-order valence-electron chi connectivity index (χ4n) is 1.27. The number of aromatic nitrogens is 1. The Balaban J connectivity index is 2.17. The van der Waals surface area contributed by atoms with Gasteiger partial charge >= 0.3 is 0 Å². The van der Waals surface area contributed by atoms with Crippen LogP contribution in [0.4, 0.5) is 0 Å². The second-order valence-electron chi connectivity index (χ2n) is 3.49. The van der Waals surface area contributed by atoms with Gasteiger partial charge in [-0.05, 0) is 46.8 Å². The third-order valence-electron chi connectivity index (χ3n) is 2.27. The average Bonchev–Trinajstić information content (AvgIpc) is 2.74. The minimum absolute atomic E-state index is 0.0750. The Morgan fingerprint density at radius 2 is 2.33 bits per heavy atom. The fraction of sp³-hybridized carbons (Fsp3) is 0.444. The fourth-order valence-corrected chi connectivity index (χ4v) is 1.66. The topological polar surface area (TPSA) is 38.9 Å². The molecule has 1 saturated carbocycles. The molecular formula is C9H11BrN2. The Labute approximate surface area is 80.3 Å². The Hall–Kier alpha value is -0.410. The van der Waals surface area contributed by atoms with Crippen LogP contribution in [0.3, 0.4) is 0 Å². The normalized spacial score (nSPS) is 19.2. The standard InChI is InChI=1S/C9H11BrN2/c10-8-7(2-1-5-12-8)6-9(11)3-4-9/h1-2,5H,3-4,6,11H2. The summed E-state index contributed by atoms with van der Waals surface area (Å²) < 4.78 is 0.932. The largest absolute Gasteiger partial charge is 0.325 e. The lowest BCUT2D eigenvalue weighted by Gasteiger charge is -2.08. The van der Waals surface area contributed by atoms with Gasteiger partial charge < -0.3 is 5.73 Å². The van der Waals surface area contributed by atoms with Crippen LogP contribution in [-0.4, -0.2) is 10.5 Å². The van der Waals surface area contributed by atoms with Gasteiger partial charge in [-0.3, -0.25) is 0 Å². The number of nitrogens with zero attached hydrogens (tertiary/aromatic N) is 1. The predicted octanol–water partition coefficient (Wildman–Crippen LogP) is 1.88. The summed E-state index contributed by atoms with van der Waals surface area (Å²) in [5.41, 5.74) is 7.29. The van der Waals surface area contributed by atoms with Crippen LogP contribution in [0, 0.1) is 0 Å². The Kier molecular flexibility index (Phi) is 1.93. The monoisotopic (exact) mass is 226 g/mol. The van der Waals surface area contributed by atoms with E-state index in [1.54, 1.807) is 6.20 Å². The molecule has 0 aliphatic heterocycles. The molecule has 1 heterocycles. The van der Waals surface area contributed by atoms with E-state index in [0.717, 1.165) is 23.9 Å². The van der Waals surface area contributed by atoms with E-state index in [-0.39, 0.29) is 5.54 Å². The Morgan fingerprint density at radius 1 is 1.58 bits per heavy atom. The zero-order chi connectivity index (χ0) is 8.60. The molecule has 0 spiro atoms. The predicted molar refractivity (Wildman–Crippen MR) is 51.8 cm³/mol. The van der Waals surface area contributed by atoms with E-state index >= 15 is 0 Å². The molecular weight excluding hydrogens is 216 g/mol. The van der Waals surface area contributed by atoms with E-state index in [4.69, 9.17) is 5.73 Å². The summed E-state index contributed by atoms with van der Waals surface area (Å²) in [7, 11) is 0. The zero-order valence-corrected chi connectivity index (χ0v) is 8.34. The van der Waals surface area contributed by atoms with Gasteiger partial charge in [0.1, 0.15) is 4.60 Å². The van der Waals surface area contributed by atoms with E-state index in [2.05, 4.69) is 27.0 Å². The maximum Gasteiger partial charge on any atom is 0.109 e. The summed E-state index contributed by atoms with van der Waals surface area (Å²) in [5, 5.41) is 0. The van der Waals surface area contributed by atoms with E-state index < -0.39 is 0 Å². The molecule has 12 heavy (non-hydrogen) atoms. The third kappa shape index (κ3) is 1.67. The molecule has 0 aromatic carbocycles. The maximum absolute atomic E-state index is 6.00. The van der Waals surface area contributed by atoms with Crippen molar-refractivity contribution in [1.29, 1.82) is 0 Å². The van der Waals surface area contributed by atoms with Crippen molar-refractivity contribution in [3.05, 3.63) is 28.5 Å². The summed E-state index contributed by atoms with van der Waals surface area (Å²) >= 11 is 3.41. The highest BCUT2D eigenvalue weighted by molar-refractivity contribution is 9.10. The molecule has 0 unspecified atom stereocenters. The van der Waals surface area contributed by atoms with Gasteiger partial charge in [-0.1, -0.05) is 6.07 Å². The Bertz CT molecular complexity index is 294. The molecule has 1 fully saturated rings. The van der Waals surface area contributed by atoms with Crippen molar-refractivity contribution in [2.45, 2.75) is 24.8 Å². The van der Waals surface area contributed by atoms with Gasteiger partial charge in [0.2, 0.25) is 0 Å². The molecule has 3 heteroatoms. The van der Waals surface area contributed by atoms with Crippen molar-refractivity contribution in [2.75, 3.05) is 0 Å². The van der Waals surface area contributed by atoms with Gasteiger partial charge in [-0.2, -0.15) is 0 Å². The minimum Gasteiger partial charge on any atom is -0.325 e.